The summed E-state index contributed by atoms with van der Waals surface area (Å²) in [7, 11) is 0. The minimum atomic E-state index is 0.282. The molecule has 0 spiro atoms. The van der Waals surface area contributed by atoms with Gasteiger partial charge in [0.1, 0.15) is 12.0 Å². The molecule has 23 heavy (non-hydrogen) atoms. The van der Waals surface area contributed by atoms with Crippen LogP contribution in [0.25, 0.3) is 0 Å². The molecule has 1 fully saturated rings. The molecule has 120 valence electrons. The molecule has 0 atom stereocenters. The molecule has 0 amide bonds. The van der Waals surface area contributed by atoms with Gasteiger partial charge >= 0.3 is 0 Å². The van der Waals surface area contributed by atoms with Gasteiger partial charge < -0.3 is 25.4 Å². The second-order valence-corrected chi connectivity index (χ2v) is 5.69. The number of nitrogen functional groups attached to an aromatic ring is 1. The number of nitrogens with zero attached hydrogens (tertiary/aromatic N) is 3. The van der Waals surface area contributed by atoms with E-state index in [1.165, 1.54) is 12.8 Å². The topological polar surface area (TPSA) is 85.5 Å². The molecule has 7 heteroatoms. The minimum Gasteiger partial charge on any atom is -0.454 e. The maximum absolute atomic E-state index is 6.24. The van der Waals surface area contributed by atoms with Crippen molar-refractivity contribution in [1.82, 2.24) is 9.97 Å². The molecule has 0 radical (unpaired) electrons. The van der Waals surface area contributed by atoms with Crippen molar-refractivity contribution in [2.75, 3.05) is 35.8 Å². The van der Waals surface area contributed by atoms with Gasteiger partial charge in [0, 0.05) is 19.6 Å². The summed E-state index contributed by atoms with van der Waals surface area (Å²) in [6, 6.07) is 5.88. The molecule has 7 nitrogen and oxygen atoms in total. The highest BCUT2D eigenvalue weighted by atomic mass is 16.7. The van der Waals surface area contributed by atoms with Gasteiger partial charge in [0.2, 0.25) is 6.79 Å². The number of benzene rings is 1. The number of nitrogens with one attached hydrogen (secondary N) is 1. The third-order valence-corrected chi connectivity index (χ3v) is 4.17. The Labute approximate surface area is 134 Å². The summed E-state index contributed by atoms with van der Waals surface area (Å²) in [6.07, 6.45) is 3.93. The zero-order valence-corrected chi connectivity index (χ0v) is 12.8. The first kappa shape index (κ1) is 13.9. The average Bonchev–Trinajstić information content (AvgIpc) is 3.25. The van der Waals surface area contributed by atoms with Crippen LogP contribution in [0.4, 0.5) is 17.3 Å². The lowest BCUT2D eigenvalue weighted by Gasteiger charge is -2.19. The molecular weight excluding hydrogens is 294 g/mol. The standard InChI is InChI=1S/C16H19N5O2/c17-14-15(19-9-20-16(14)21-5-1-2-6-21)18-8-11-3-4-12-13(7-11)23-10-22-12/h3-4,7,9H,1-2,5-6,8,10,17H2,(H,18,19,20). The third kappa shape index (κ3) is 2.69. The van der Waals surface area contributed by atoms with Crippen LogP contribution in [0, 0.1) is 0 Å². The van der Waals surface area contributed by atoms with Crippen molar-refractivity contribution in [2.24, 2.45) is 0 Å². The van der Waals surface area contributed by atoms with E-state index in [0.717, 1.165) is 36.0 Å². The second kappa shape index (κ2) is 5.83. The first-order chi connectivity index (χ1) is 11.3. The van der Waals surface area contributed by atoms with Crippen molar-refractivity contribution in [3.63, 3.8) is 0 Å². The Morgan fingerprint density at radius 1 is 1.13 bits per heavy atom. The first-order valence-corrected chi connectivity index (χ1v) is 7.79. The van der Waals surface area contributed by atoms with Crippen LogP contribution >= 0.6 is 0 Å². The van der Waals surface area contributed by atoms with Gasteiger partial charge in [0.05, 0.1) is 0 Å². The fourth-order valence-electron chi connectivity index (χ4n) is 2.94. The zero-order chi connectivity index (χ0) is 15.6. The van der Waals surface area contributed by atoms with Gasteiger partial charge in [0.15, 0.2) is 23.1 Å². The normalized spacial score (nSPS) is 15.9. The minimum absolute atomic E-state index is 0.282. The maximum Gasteiger partial charge on any atom is 0.231 e. The molecule has 2 aliphatic heterocycles. The highest BCUT2D eigenvalue weighted by molar-refractivity contribution is 5.75. The first-order valence-electron chi connectivity index (χ1n) is 7.79. The Bertz CT molecular complexity index is 716. The van der Waals surface area contributed by atoms with E-state index in [4.69, 9.17) is 15.2 Å². The van der Waals surface area contributed by atoms with Crippen molar-refractivity contribution in [3.8, 4) is 11.5 Å². The number of ether oxygens (including phenoxy) is 2. The van der Waals surface area contributed by atoms with E-state index < -0.39 is 0 Å². The second-order valence-electron chi connectivity index (χ2n) is 5.69. The number of anilines is 3. The van der Waals surface area contributed by atoms with Crippen molar-refractivity contribution < 1.29 is 9.47 Å². The highest BCUT2D eigenvalue weighted by Crippen LogP contribution is 2.33. The smallest absolute Gasteiger partial charge is 0.231 e. The summed E-state index contributed by atoms with van der Waals surface area (Å²) in [5.74, 6) is 3.05. The van der Waals surface area contributed by atoms with Crippen LogP contribution in [-0.2, 0) is 6.54 Å². The van der Waals surface area contributed by atoms with Crippen molar-refractivity contribution in [3.05, 3.63) is 30.1 Å². The van der Waals surface area contributed by atoms with Crippen LogP contribution in [0.15, 0.2) is 24.5 Å². The number of fused-ring (bicyclic) bond motifs is 1. The van der Waals surface area contributed by atoms with E-state index in [1.807, 2.05) is 18.2 Å². The lowest BCUT2D eigenvalue weighted by Crippen LogP contribution is -2.21. The molecule has 1 aromatic heterocycles. The Hall–Kier alpha value is -2.70. The van der Waals surface area contributed by atoms with Crippen molar-refractivity contribution >= 4 is 17.3 Å². The summed E-state index contributed by atoms with van der Waals surface area (Å²) in [4.78, 5) is 10.8. The quantitative estimate of drug-likeness (QED) is 0.893. The molecule has 3 N–H and O–H groups in total. The van der Waals surface area contributed by atoms with E-state index >= 15 is 0 Å². The molecule has 0 unspecified atom stereocenters. The zero-order valence-electron chi connectivity index (χ0n) is 12.8. The highest BCUT2D eigenvalue weighted by Gasteiger charge is 2.18. The monoisotopic (exact) mass is 313 g/mol. The number of nitrogens with two attached hydrogens (primary N) is 1. The van der Waals surface area contributed by atoms with E-state index in [-0.39, 0.29) is 6.79 Å². The van der Waals surface area contributed by atoms with Gasteiger partial charge in [-0.3, -0.25) is 0 Å². The summed E-state index contributed by atoms with van der Waals surface area (Å²) in [5, 5.41) is 3.29. The Morgan fingerprint density at radius 2 is 1.96 bits per heavy atom. The SMILES string of the molecule is Nc1c(NCc2ccc3c(c2)OCO3)ncnc1N1CCCC1. The van der Waals surface area contributed by atoms with Gasteiger partial charge in [0.25, 0.3) is 0 Å². The molecule has 2 aromatic rings. The number of hydrogen-bond donors (Lipinski definition) is 2. The Morgan fingerprint density at radius 3 is 2.83 bits per heavy atom. The lowest BCUT2D eigenvalue weighted by molar-refractivity contribution is 0.174. The van der Waals surface area contributed by atoms with E-state index in [1.54, 1.807) is 6.33 Å². The third-order valence-electron chi connectivity index (χ3n) is 4.17. The average molecular weight is 313 g/mol. The van der Waals surface area contributed by atoms with Crippen LogP contribution in [-0.4, -0.2) is 29.9 Å². The van der Waals surface area contributed by atoms with Gasteiger partial charge in [-0.05, 0) is 30.5 Å². The van der Waals surface area contributed by atoms with Crippen molar-refractivity contribution in [1.29, 1.82) is 0 Å². The van der Waals surface area contributed by atoms with E-state index in [2.05, 4.69) is 20.2 Å². The van der Waals surface area contributed by atoms with Gasteiger partial charge in [-0.15, -0.1) is 0 Å². The fraction of sp³-hybridized carbons (Fsp3) is 0.375. The molecule has 1 aromatic carbocycles. The molecule has 2 aliphatic rings. The van der Waals surface area contributed by atoms with Crippen molar-refractivity contribution in [2.45, 2.75) is 19.4 Å². The van der Waals surface area contributed by atoms with Crippen LogP contribution in [0.1, 0.15) is 18.4 Å². The molecular formula is C16H19N5O2. The summed E-state index contributed by atoms with van der Waals surface area (Å²) in [6.45, 7) is 2.90. The predicted octanol–water partition coefficient (Wildman–Crippen LogP) is 2.00. The van der Waals surface area contributed by atoms with Crippen LogP contribution in [0.5, 0.6) is 11.5 Å². The summed E-state index contributed by atoms with van der Waals surface area (Å²) in [5.41, 5.74) is 7.93. The molecule has 0 saturated carbocycles. The van der Waals surface area contributed by atoms with E-state index in [0.29, 0.717) is 18.1 Å². The Balaban J connectivity index is 1.49. The number of aromatic nitrogens is 2. The Kier molecular flexibility index (Phi) is 3.53. The van der Waals surface area contributed by atoms with Gasteiger partial charge in [-0.1, -0.05) is 6.07 Å². The van der Waals surface area contributed by atoms with E-state index in [9.17, 15) is 0 Å². The molecule has 0 bridgehead atoms. The van der Waals surface area contributed by atoms with Crippen LogP contribution in [0.3, 0.4) is 0 Å². The fourth-order valence-corrected chi connectivity index (χ4v) is 2.94. The summed E-state index contributed by atoms with van der Waals surface area (Å²) >= 11 is 0. The van der Waals surface area contributed by atoms with Gasteiger partial charge in [-0.25, -0.2) is 9.97 Å². The van der Waals surface area contributed by atoms with Crippen LogP contribution in [0.2, 0.25) is 0 Å². The van der Waals surface area contributed by atoms with Gasteiger partial charge in [-0.2, -0.15) is 0 Å². The van der Waals surface area contributed by atoms with Crippen LogP contribution < -0.4 is 25.4 Å². The predicted molar refractivity (Wildman–Crippen MR) is 87.8 cm³/mol. The largest absolute Gasteiger partial charge is 0.454 e. The molecule has 1 saturated heterocycles. The summed E-state index contributed by atoms with van der Waals surface area (Å²) < 4.78 is 10.7. The molecule has 0 aliphatic carbocycles. The molecule has 4 rings (SSSR count). The number of rotatable bonds is 4. The number of hydrogen-bond acceptors (Lipinski definition) is 7. The molecule has 3 heterocycles. The lowest BCUT2D eigenvalue weighted by atomic mass is 10.2. The maximum atomic E-state index is 6.24.